The molecule has 9 heteroatoms. The lowest BCUT2D eigenvalue weighted by atomic mass is 10.1. The molecule has 0 aliphatic carbocycles. The molecule has 0 fully saturated rings. The highest BCUT2D eigenvalue weighted by Gasteiger charge is 2.14. The molecule has 1 aliphatic heterocycles. The zero-order chi connectivity index (χ0) is 17.5. The lowest BCUT2D eigenvalue weighted by Gasteiger charge is -2.11. The zero-order valence-corrected chi connectivity index (χ0v) is 12.8. The minimum Gasteiger partial charge on any atom is -0.349 e. The van der Waals surface area contributed by atoms with Gasteiger partial charge in [0, 0.05) is 17.8 Å². The minimum atomic E-state index is -2.64. The Morgan fingerprint density at radius 2 is 2.00 bits per heavy atom. The van der Waals surface area contributed by atoms with E-state index in [0.29, 0.717) is 18.5 Å². The van der Waals surface area contributed by atoms with E-state index in [0.717, 1.165) is 17.7 Å². The third kappa shape index (κ3) is 5.49. The number of anilines is 2. The van der Waals surface area contributed by atoms with Gasteiger partial charge in [0.2, 0.25) is 11.8 Å². The zero-order valence-electron chi connectivity index (χ0n) is 12.8. The van der Waals surface area contributed by atoms with E-state index >= 15 is 0 Å². The maximum Gasteiger partial charge on any atom is 0.319 e. The predicted molar refractivity (Wildman–Crippen MR) is 84.0 cm³/mol. The summed E-state index contributed by atoms with van der Waals surface area (Å²) < 4.78 is 23.9. The summed E-state index contributed by atoms with van der Waals surface area (Å²) in [6, 6.07) is 4.45. The molecule has 1 aromatic carbocycles. The first kappa shape index (κ1) is 17.6. The SMILES string of the molecule is O=C(CNC(=O)Nc1ccc2c(c1)CCCC(=O)N2)NCC(F)F. The van der Waals surface area contributed by atoms with E-state index < -0.39 is 31.5 Å². The Kier molecular flexibility index (Phi) is 6.05. The van der Waals surface area contributed by atoms with Gasteiger partial charge in [0.1, 0.15) is 0 Å². The van der Waals surface area contributed by atoms with Crippen LogP contribution in [-0.2, 0) is 16.0 Å². The molecular weight excluding hydrogens is 322 g/mol. The van der Waals surface area contributed by atoms with Gasteiger partial charge in [-0.2, -0.15) is 0 Å². The molecule has 1 aliphatic rings. The average molecular weight is 340 g/mol. The largest absolute Gasteiger partial charge is 0.349 e. The number of halogens is 2. The van der Waals surface area contributed by atoms with Crippen LogP contribution in [0.3, 0.4) is 0 Å². The molecule has 2 rings (SSSR count). The quantitative estimate of drug-likeness (QED) is 0.653. The maximum absolute atomic E-state index is 11.9. The van der Waals surface area contributed by atoms with Crippen molar-refractivity contribution >= 4 is 29.2 Å². The molecule has 0 radical (unpaired) electrons. The summed E-state index contributed by atoms with van der Waals surface area (Å²) in [5, 5.41) is 9.60. The fourth-order valence-corrected chi connectivity index (χ4v) is 2.24. The van der Waals surface area contributed by atoms with Crippen molar-refractivity contribution in [2.75, 3.05) is 23.7 Å². The van der Waals surface area contributed by atoms with Gasteiger partial charge < -0.3 is 21.3 Å². The molecule has 0 aromatic heterocycles. The Morgan fingerprint density at radius 3 is 2.75 bits per heavy atom. The Bertz CT molecular complexity index is 637. The number of aryl methyl sites for hydroxylation is 1. The Balaban J connectivity index is 1.85. The van der Waals surface area contributed by atoms with E-state index in [2.05, 4.69) is 16.0 Å². The van der Waals surface area contributed by atoms with Gasteiger partial charge in [0.25, 0.3) is 6.43 Å². The molecule has 4 amide bonds. The van der Waals surface area contributed by atoms with Gasteiger partial charge in [-0.3, -0.25) is 9.59 Å². The van der Waals surface area contributed by atoms with Crippen LogP contribution < -0.4 is 21.3 Å². The predicted octanol–water partition coefficient (Wildman–Crippen LogP) is 1.46. The number of hydrogen-bond donors (Lipinski definition) is 4. The number of carbonyl (C=O) groups excluding carboxylic acids is 3. The summed E-state index contributed by atoms with van der Waals surface area (Å²) >= 11 is 0. The number of rotatable bonds is 5. The van der Waals surface area contributed by atoms with Gasteiger partial charge in [-0.1, -0.05) is 0 Å². The second-order valence-corrected chi connectivity index (χ2v) is 5.28. The molecular formula is C15H18F2N4O3. The number of alkyl halides is 2. The van der Waals surface area contributed by atoms with Crippen molar-refractivity contribution in [1.82, 2.24) is 10.6 Å². The van der Waals surface area contributed by atoms with E-state index in [4.69, 9.17) is 0 Å². The Morgan fingerprint density at radius 1 is 1.21 bits per heavy atom. The van der Waals surface area contributed by atoms with Crippen LogP contribution in [0.1, 0.15) is 18.4 Å². The van der Waals surface area contributed by atoms with E-state index in [1.165, 1.54) is 0 Å². The molecule has 4 N–H and O–H groups in total. The van der Waals surface area contributed by atoms with Gasteiger partial charge in [-0.05, 0) is 36.6 Å². The summed E-state index contributed by atoms with van der Waals surface area (Å²) in [5.74, 6) is -0.739. The fourth-order valence-electron chi connectivity index (χ4n) is 2.24. The van der Waals surface area contributed by atoms with Crippen LogP contribution in [0.15, 0.2) is 18.2 Å². The summed E-state index contributed by atoms with van der Waals surface area (Å²) in [4.78, 5) is 34.4. The van der Waals surface area contributed by atoms with Crippen molar-refractivity contribution in [2.24, 2.45) is 0 Å². The van der Waals surface area contributed by atoms with Crippen molar-refractivity contribution in [2.45, 2.75) is 25.7 Å². The van der Waals surface area contributed by atoms with E-state index in [1.807, 2.05) is 5.32 Å². The van der Waals surface area contributed by atoms with Crippen LogP contribution in [0, 0.1) is 0 Å². The number of fused-ring (bicyclic) bond motifs is 1. The van der Waals surface area contributed by atoms with Gasteiger partial charge in [-0.25, -0.2) is 13.6 Å². The van der Waals surface area contributed by atoms with Gasteiger partial charge in [0.05, 0.1) is 13.1 Å². The summed E-state index contributed by atoms with van der Waals surface area (Å²) in [5.41, 5.74) is 2.14. The van der Waals surface area contributed by atoms with Gasteiger partial charge in [-0.15, -0.1) is 0 Å². The Hall–Kier alpha value is -2.71. The highest BCUT2D eigenvalue weighted by atomic mass is 19.3. The normalized spacial score (nSPS) is 13.5. The van der Waals surface area contributed by atoms with Crippen LogP contribution in [0.2, 0.25) is 0 Å². The van der Waals surface area contributed by atoms with E-state index in [9.17, 15) is 23.2 Å². The average Bonchev–Trinajstić information content (AvgIpc) is 2.71. The number of amides is 4. The molecule has 1 aromatic rings. The standard InChI is InChI=1S/C15H18F2N4O3/c16-12(17)7-18-14(23)8-19-15(24)20-10-4-5-11-9(6-10)2-1-3-13(22)21-11/h4-6,12H,1-3,7-8H2,(H,18,23)(H,21,22)(H2,19,20,24). The second kappa shape index (κ2) is 8.23. The topological polar surface area (TPSA) is 99.3 Å². The molecule has 1 heterocycles. The number of benzene rings is 1. The van der Waals surface area contributed by atoms with Crippen LogP contribution >= 0.6 is 0 Å². The van der Waals surface area contributed by atoms with Crippen molar-refractivity contribution < 1.29 is 23.2 Å². The lowest BCUT2D eigenvalue weighted by molar-refractivity contribution is -0.120. The van der Waals surface area contributed by atoms with Crippen LogP contribution in [-0.4, -0.2) is 37.4 Å². The number of nitrogens with one attached hydrogen (secondary N) is 4. The van der Waals surface area contributed by atoms with Crippen LogP contribution in [0.25, 0.3) is 0 Å². The van der Waals surface area contributed by atoms with Crippen molar-refractivity contribution in [3.05, 3.63) is 23.8 Å². The third-order valence-corrected chi connectivity index (χ3v) is 3.35. The fraction of sp³-hybridized carbons (Fsp3) is 0.400. The molecule has 0 spiro atoms. The van der Waals surface area contributed by atoms with E-state index in [-0.39, 0.29) is 5.91 Å². The first-order valence-corrected chi connectivity index (χ1v) is 7.46. The summed E-state index contributed by atoms with van der Waals surface area (Å²) in [6.07, 6.45) is -0.756. The highest BCUT2D eigenvalue weighted by Crippen LogP contribution is 2.25. The van der Waals surface area contributed by atoms with Crippen molar-refractivity contribution in [3.63, 3.8) is 0 Å². The summed E-state index contributed by atoms with van der Waals surface area (Å²) in [6.45, 7) is -1.15. The lowest BCUT2D eigenvalue weighted by Crippen LogP contribution is -2.40. The molecule has 130 valence electrons. The molecule has 0 atom stereocenters. The van der Waals surface area contributed by atoms with Crippen LogP contribution in [0.5, 0.6) is 0 Å². The molecule has 0 saturated carbocycles. The Labute approximate surface area is 137 Å². The number of carbonyl (C=O) groups is 3. The number of hydrogen-bond acceptors (Lipinski definition) is 3. The molecule has 7 nitrogen and oxygen atoms in total. The highest BCUT2D eigenvalue weighted by molar-refractivity contribution is 5.94. The van der Waals surface area contributed by atoms with E-state index in [1.54, 1.807) is 18.2 Å². The molecule has 0 saturated heterocycles. The van der Waals surface area contributed by atoms with Crippen molar-refractivity contribution in [1.29, 1.82) is 0 Å². The molecule has 24 heavy (non-hydrogen) atoms. The maximum atomic E-state index is 11.9. The smallest absolute Gasteiger partial charge is 0.319 e. The molecule has 0 bridgehead atoms. The van der Waals surface area contributed by atoms with Gasteiger partial charge >= 0.3 is 6.03 Å². The number of urea groups is 1. The molecule has 0 unspecified atom stereocenters. The van der Waals surface area contributed by atoms with Crippen molar-refractivity contribution in [3.8, 4) is 0 Å². The van der Waals surface area contributed by atoms with Crippen LogP contribution in [0.4, 0.5) is 25.0 Å². The third-order valence-electron chi connectivity index (χ3n) is 3.35. The minimum absolute atomic E-state index is 0.0398. The monoisotopic (exact) mass is 340 g/mol. The first-order valence-electron chi connectivity index (χ1n) is 7.46. The van der Waals surface area contributed by atoms with Gasteiger partial charge in [0.15, 0.2) is 0 Å². The first-order chi connectivity index (χ1) is 11.4. The summed E-state index contributed by atoms with van der Waals surface area (Å²) in [7, 11) is 0. The second-order valence-electron chi connectivity index (χ2n) is 5.28.